The van der Waals surface area contributed by atoms with Crippen molar-refractivity contribution in [2.45, 2.75) is 11.8 Å². The van der Waals surface area contributed by atoms with E-state index in [-0.39, 0.29) is 11.8 Å². The molecule has 0 aromatic heterocycles. The molecule has 0 N–H and O–H groups in total. The molecule has 0 unspecified atom stereocenters. The van der Waals surface area contributed by atoms with Gasteiger partial charge in [0.15, 0.2) is 0 Å². The van der Waals surface area contributed by atoms with E-state index in [2.05, 4.69) is 18.2 Å². The molecule has 6 rings (SSSR count). The second-order valence-electron chi connectivity index (χ2n) is 6.09. The number of rotatable bonds is 0. The van der Waals surface area contributed by atoms with Gasteiger partial charge in [0.1, 0.15) is 0 Å². The van der Waals surface area contributed by atoms with Crippen LogP contribution in [-0.2, 0) is 0 Å². The summed E-state index contributed by atoms with van der Waals surface area (Å²) in [5.74, 6) is 0.159. The van der Waals surface area contributed by atoms with Crippen LogP contribution in [0.25, 0.3) is 0 Å². The summed E-state index contributed by atoms with van der Waals surface area (Å²) in [5.41, 5.74) is 7.27. The molecule has 0 aliphatic heterocycles. The van der Waals surface area contributed by atoms with Crippen molar-refractivity contribution in [2.75, 3.05) is 0 Å². The van der Waals surface area contributed by atoms with Crippen LogP contribution in [0.4, 0.5) is 0 Å². The van der Waals surface area contributed by atoms with E-state index in [0.29, 0.717) is 0 Å². The third-order valence-corrected chi connectivity index (χ3v) is 6.05. The Hall–Kier alpha value is -1.47. The quantitative estimate of drug-likeness (QED) is 0.291. The highest BCUT2D eigenvalue weighted by Crippen LogP contribution is 2.59. The molecular weight excluding hydrogens is 347 g/mol. The zero-order valence-electron chi connectivity index (χ0n) is 12.0. The molecular formula is C20H11Cl3. The topological polar surface area (TPSA) is 0 Å². The lowest BCUT2D eigenvalue weighted by molar-refractivity contribution is 0.755. The van der Waals surface area contributed by atoms with E-state index in [1.165, 1.54) is 16.7 Å². The summed E-state index contributed by atoms with van der Waals surface area (Å²) in [7, 11) is 0. The molecule has 112 valence electrons. The van der Waals surface area contributed by atoms with Crippen LogP contribution in [0.5, 0.6) is 0 Å². The highest BCUT2D eigenvalue weighted by Gasteiger charge is 2.44. The Morgan fingerprint density at radius 3 is 1.17 bits per heavy atom. The highest BCUT2D eigenvalue weighted by molar-refractivity contribution is 6.34. The van der Waals surface area contributed by atoms with Gasteiger partial charge in [0, 0.05) is 26.9 Å². The molecule has 0 nitrogen and oxygen atoms in total. The first-order chi connectivity index (χ1) is 11.2. The molecule has 0 spiro atoms. The van der Waals surface area contributed by atoms with Crippen LogP contribution in [0.2, 0.25) is 15.1 Å². The van der Waals surface area contributed by atoms with Crippen LogP contribution in [-0.4, -0.2) is 0 Å². The van der Waals surface area contributed by atoms with Gasteiger partial charge >= 0.3 is 0 Å². The summed E-state index contributed by atoms with van der Waals surface area (Å²) < 4.78 is 0. The van der Waals surface area contributed by atoms with Gasteiger partial charge in [0.25, 0.3) is 0 Å². The van der Waals surface area contributed by atoms with Crippen molar-refractivity contribution in [1.29, 1.82) is 0 Å². The Bertz CT molecular complexity index is 847. The van der Waals surface area contributed by atoms with Crippen molar-refractivity contribution in [3.8, 4) is 0 Å². The molecule has 0 saturated heterocycles. The minimum Gasteiger partial charge on any atom is -0.0840 e. The van der Waals surface area contributed by atoms with Gasteiger partial charge in [-0.2, -0.15) is 0 Å². The molecule has 0 fully saturated rings. The molecule has 3 aliphatic carbocycles. The monoisotopic (exact) mass is 356 g/mol. The van der Waals surface area contributed by atoms with Crippen LogP contribution in [0.15, 0.2) is 54.6 Å². The summed E-state index contributed by atoms with van der Waals surface area (Å²) >= 11 is 19.8. The Morgan fingerprint density at radius 2 is 0.826 bits per heavy atom. The van der Waals surface area contributed by atoms with Crippen molar-refractivity contribution >= 4 is 34.8 Å². The van der Waals surface area contributed by atoms with Crippen molar-refractivity contribution in [2.24, 2.45) is 0 Å². The molecule has 3 aromatic carbocycles. The first-order valence-electron chi connectivity index (χ1n) is 7.53. The maximum absolute atomic E-state index is 6.59. The van der Waals surface area contributed by atoms with Gasteiger partial charge in [0.2, 0.25) is 0 Å². The zero-order chi connectivity index (χ0) is 15.7. The average Bonchev–Trinajstić information content (AvgIpc) is 2.55. The molecule has 0 radical (unpaired) electrons. The molecule has 2 bridgehead atoms. The first kappa shape index (κ1) is 13.9. The smallest absolute Gasteiger partial charge is 0.0450 e. The molecule has 3 aromatic rings. The lowest BCUT2D eigenvalue weighted by atomic mass is 9.61. The third-order valence-electron chi connectivity index (χ3n) is 5.06. The van der Waals surface area contributed by atoms with E-state index in [0.717, 1.165) is 31.8 Å². The van der Waals surface area contributed by atoms with Gasteiger partial charge in [-0.3, -0.25) is 0 Å². The second kappa shape index (κ2) is 4.77. The fourth-order valence-electron chi connectivity index (χ4n) is 4.27. The summed E-state index contributed by atoms with van der Waals surface area (Å²) in [4.78, 5) is 0. The maximum atomic E-state index is 6.59. The van der Waals surface area contributed by atoms with Gasteiger partial charge in [-0.15, -0.1) is 0 Å². The molecule has 23 heavy (non-hydrogen) atoms. The SMILES string of the molecule is Clc1cccc2c1C1c3c(Cl)cccc3C2c2cccc(Cl)c21. The van der Waals surface area contributed by atoms with Gasteiger partial charge in [-0.25, -0.2) is 0 Å². The number of hydrogen-bond donors (Lipinski definition) is 0. The van der Waals surface area contributed by atoms with E-state index in [1.807, 2.05) is 36.4 Å². The average molecular weight is 358 g/mol. The predicted molar refractivity (Wildman–Crippen MR) is 96.2 cm³/mol. The molecule has 0 heterocycles. The van der Waals surface area contributed by atoms with E-state index in [1.54, 1.807) is 0 Å². The minimum absolute atomic E-state index is 0.0103. The van der Waals surface area contributed by atoms with Gasteiger partial charge in [-0.05, 0) is 51.6 Å². The zero-order valence-corrected chi connectivity index (χ0v) is 14.3. The second-order valence-corrected chi connectivity index (χ2v) is 7.32. The molecule has 0 amide bonds. The maximum Gasteiger partial charge on any atom is 0.0450 e. The fraction of sp³-hybridized carbons (Fsp3) is 0.100. The normalized spacial score (nSPS) is 20.0. The van der Waals surface area contributed by atoms with Crippen molar-refractivity contribution in [3.63, 3.8) is 0 Å². The highest BCUT2D eigenvalue weighted by atomic mass is 35.5. The van der Waals surface area contributed by atoms with Crippen LogP contribution in [0.3, 0.4) is 0 Å². The molecule has 0 saturated carbocycles. The van der Waals surface area contributed by atoms with Crippen molar-refractivity contribution in [1.82, 2.24) is 0 Å². The van der Waals surface area contributed by atoms with Gasteiger partial charge in [-0.1, -0.05) is 71.2 Å². The predicted octanol–water partition coefficient (Wildman–Crippen LogP) is 6.63. The van der Waals surface area contributed by atoms with Crippen LogP contribution < -0.4 is 0 Å². The van der Waals surface area contributed by atoms with E-state index >= 15 is 0 Å². The van der Waals surface area contributed by atoms with Gasteiger partial charge < -0.3 is 0 Å². The number of benzene rings is 3. The van der Waals surface area contributed by atoms with E-state index in [4.69, 9.17) is 34.8 Å². The first-order valence-corrected chi connectivity index (χ1v) is 8.66. The Balaban J connectivity index is 1.97. The fourth-order valence-corrected chi connectivity index (χ4v) is 5.14. The molecule has 3 aliphatic rings. The van der Waals surface area contributed by atoms with Crippen LogP contribution in [0.1, 0.15) is 45.2 Å². The minimum atomic E-state index is 0.0103. The van der Waals surface area contributed by atoms with E-state index < -0.39 is 0 Å². The Labute approximate surface area is 149 Å². The third kappa shape index (κ3) is 1.69. The van der Waals surface area contributed by atoms with Crippen LogP contribution >= 0.6 is 34.8 Å². The molecule has 0 atom stereocenters. The Kier molecular flexibility index (Phi) is 2.89. The van der Waals surface area contributed by atoms with E-state index in [9.17, 15) is 0 Å². The molecule has 3 heteroatoms. The number of halogens is 3. The lowest BCUT2D eigenvalue weighted by Crippen LogP contribution is -2.28. The summed E-state index contributed by atoms with van der Waals surface area (Å²) in [5, 5.41) is 2.36. The van der Waals surface area contributed by atoms with Crippen LogP contribution in [0, 0.1) is 0 Å². The standard InChI is InChI=1S/C20H11Cl3/c21-13-7-1-4-10-16-11-5-2-8-14(22)18(11)20(17(10)13)19-12(16)6-3-9-15(19)23/h1-9,16,20H. The number of hydrogen-bond acceptors (Lipinski definition) is 0. The summed E-state index contributed by atoms with van der Waals surface area (Å²) in [6.45, 7) is 0. The Morgan fingerprint density at radius 1 is 0.478 bits per heavy atom. The summed E-state index contributed by atoms with van der Waals surface area (Å²) in [6, 6.07) is 18.4. The van der Waals surface area contributed by atoms with Crippen molar-refractivity contribution < 1.29 is 0 Å². The van der Waals surface area contributed by atoms with Crippen molar-refractivity contribution in [3.05, 3.63) is 103 Å². The lowest BCUT2D eigenvalue weighted by Gasteiger charge is -2.43. The summed E-state index contributed by atoms with van der Waals surface area (Å²) in [6.07, 6.45) is 0. The van der Waals surface area contributed by atoms with Gasteiger partial charge in [0.05, 0.1) is 0 Å². The largest absolute Gasteiger partial charge is 0.0840 e.